The molecule has 2 amide bonds. The number of rotatable bonds is 6. The van der Waals surface area contributed by atoms with Crippen LogP contribution in [0.1, 0.15) is 48.3 Å². The van der Waals surface area contributed by atoms with Gasteiger partial charge in [0.25, 0.3) is 0 Å². The molecule has 2 aromatic rings. The number of hydrogen-bond donors (Lipinski definition) is 3. The molecule has 8 heteroatoms. The predicted molar refractivity (Wildman–Crippen MR) is 128 cm³/mol. The fraction of sp³-hybridized carbons (Fsp3) is 0.400. The lowest BCUT2D eigenvalue weighted by molar-refractivity contribution is -0.118. The van der Waals surface area contributed by atoms with Crippen LogP contribution >= 0.6 is 0 Å². The predicted octanol–water partition coefficient (Wildman–Crippen LogP) is 2.97. The highest BCUT2D eigenvalue weighted by atomic mass is 16.6. The maximum atomic E-state index is 13.1. The van der Waals surface area contributed by atoms with E-state index in [1.807, 2.05) is 53.1 Å². The Morgan fingerprint density at radius 1 is 1.06 bits per heavy atom. The highest BCUT2D eigenvalue weighted by Crippen LogP contribution is 2.30. The Hall–Kier alpha value is -3.23. The highest BCUT2D eigenvalue weighted by molar-refractivity contribution is 5.98. The van der Waals surface area contributed by atoms with Crippen LogP contribution in [0.15, 0.2) is 42.5 Å². The maximum Gasteiger partial charge on any atom is 0.338 e. The van der Waals surface area contributed by atoms with Crippen molar-refractivity contribution in [2.24, 2.45) is 0 Å². The van der Waals surface area contributed by atoms with Gasteiger partial charge in [0, 0.05) is 17.9 Å². The van der Waals surface area contributed by atoms with Crippen LogP contribution in [0, 0.1) is 0 Å². The van der Waals surface area contributed by atoms with E-state index in [0.29, 0.717) is 24.2 Å². The van der Waals surface area contributed by atoms with Crippen molar-refractivity contribution < 1.29 is 19.1 Å². The average molecular weight is 453 g/mol. The van der Waals surface area contributed by atoms with E-state index >= 15 is 0 Å². The molecule has 1 aliphatic rings. The molecule has 8 nitrogen and oxygen atoms in total. The number of ether oxygens (including phenoxy) is 1. The number of carbonyl (C=O) groups excluding carboxylic acids is 3. The van der Waals surface area contributed by atoms with Gasteiger partial charge in [-0.05, 0) is 82.7 Å². The van der Waals surface area contributed by atoms with Crippen molar-refractivity contribution in [2.45, 2.75) is 38.8 Å². The number of amides is 2. The van der Waals surface area contributed by atoms with Crippen LogP contribution in [0.2, 0.25) is 0 Å². The molecule has 0 saturated heterocycles. The molecular weight excluding hydrogens is 420 g/mol. The first-order valence-corrected chi connectivity index (χ1v) is 11.0. The number of carbonyl (C=O) groups is 3. The fourth-order valence-electron chi connectivity index (χ4n) is 3.67. The number of likely N-dealkylation sites (N-methyl/N-ethyl adjacent to an activating group) is 1. The van der Waals surface area contributed by atoms with Crippen molar-refractivity contribution in [3.05, 3.63) is 59.2 Å². The SMILES string of the molecule is CN(C)CC(=O)Nc1cccc2c1CCNC2C(=O)Nc1ccc(C(=O)OC(C)(C)C)cc1. The third kappa shape index (κ3) is 6.63. The number of anilines is 2. The molecule has 0 saturated carbocycles. The van der Waals surface area contributed by atoms with Crippen LogP contribution in [0.25, 0.3) is 0 Å². The van der Waals surface area contributed by atoms with Gasteiger partial charge in [-0.3, -0.25) is 9.59 Å². The van der Waals surface area contributed by atoms with Crippen molar-refractivity contribution in [3.63, 3.8) is 0 Å². The maximum absolute atomic E-state index is 13.1. The molecule has 1 unspecified atom stereocenters. The number of nitrogens with zero attached hydrogens (tertiary/aromatic N) is 1. The molecule has 0 spiro atoms. The third-order valence-electron chi connectivity index (χ3n) is 5.03. The van der Waals surface area contributed by atoms with E-state index in [1.54, 1.807) is 29.2 Å². The molecular formula is C25H32N4O4. The van der Waals surface area contributed by atoms with E-state index in [2.05, 4.69) is 16.0 Å². The second kappa shape index (κ2) is 10.1. The Morgan fingerprint density at radius 2 is 1.76 bits per heavy atom. The first-order valence-electron chi connectivity index (χ1n) is 11.0. The minimum absolute atomic E-state index is 0.0991. The zero-order chi connectivity index (χ0) is 24.2. The highest BCUT2D eigenvalue weighted by Gasteiger charge is 2.28. The van der Waals surface area contributed by atoms with Gasteiger partial charge in [-0.15, -0.1) is 0 Å². The number of benzene rings is 2. The summed E-state index contributed by atoms with van der Waals surface area (Å²) in [5, 5.41) is 9.12. The molecule has 0 radical (unpaired) electrons. The molecule has 33 heavy (non-hydrogen) atoms. The summed E-state index contributed by atoms with van der Waals surface area (Å²) in [6.07, 6.45) is 0.710. The molecule has 0 fully saturated rings. The van der Waals surface area contributed by atoms with Gasteiger partial charge in [-0.1, -0.05) is 12.1 Å². The van der Waals surface area contributed by atoms with Gasteiger partial charge in [0.1, 0.15) is 11.6 Å². The Balaban J connectivity index is 1.72. The van der Waals surface area contributed by atoms with E-state index < -0.39 is 17.6 Å². The second-order valence-electron chi connectivity index (χ2n) is 9.36. The smallest absolute Gasteiger partial charge is 0.338 e. The topological polar surface area (TPSA) is 99.8 Å². The Kier molecular flexibility index (Phi) is 7.50. The summed E-state index contributed by atoms with van der Waals surface area (Å²) in [5.74, 6) is -0.720. The number of fused-ring (bicyclic) bond motifs is 1. The van der Waals surface area contributed by atoms with Crippen molar-refractivity contribution >= 4 is 29.2 Å². The number of esters is 1. The minimum Gasteiger partial charge on any atom is -0.456 e. The minimum atomic E-state index is -0.575. The van der Waals surface area contributed by atoms with Gasteiger partial charge in [0.05, 0.1) is 12.1 Å². The zero-order valence-electron chi connectivity index (χ0n) is 19.8. The Bertz CT molecular complexity index is 1030. The average Bonchev–Trinajstić information content (AvgIpc) is 2.72. The first-order chi connectivity index (χ1) is 15.5. The molecule has 1 aliphatic heterocycles. The van der Waals surface area contributed by atoms with E-state index in [0.717, 1.165) is 16.8 Å². The molecule has 2 aromatic carbocycles. The van der Waals surface area contributed by atoms with Gasteiger partial charge in [-0.2, -0.15) is 0 Å². The normalized spacial score (nSPS) is 15.5. The van der Waals surface area contributed by atoms with Gasteiger partial charge in [0.2, 0.25) is 11.8 Å². The van der Waals surface area contributed by atoms with Crippen molar-refractivity contribution in [1.82, 2.24) is 10.2 Å². The van der Waals surface area contributed by atoms with Gasteiger partial charge in [-0.25, -0.2) is 4.79 Å². The Morgan fingerprint density at radius 3 is 2.39 bits per heavy atom. The molecule has 1 heterocycles. The summed E-state index contributed by atoms with van der Waals surface area (Å²) in [4.78, 5) is 39.3. The van der Waals surface area contributed by atoms with E-state index in [4.69, 9.17) is 4.74 Å². The van der Waals surface area contributed by atoms with E-state index in [1.165, 1.54) is 0 Å². The van der Waals surface area contributed by atoms with Crippen LogP contribution in [-0.2, 0) is 20.7 Å². The summed E-state index contributed by atoms with van der Waals surface area (Å²) in [5.41, 5.74) is 2.96. The Labute approximate surface area is 194 Å². The molecule has 176 valence electrons. The lowest BCUT2D eigenvalue weighted by atomic mass is 9.92. The molecule has 3 rings (SSSR count). The second-order valence-corrected chi connectivity index (χ2v) is 9.36. The monoisotopic (exact) mass is 452 g/mol. The van der Waals surface area contributed by atoms with Gasteiger partial charge in [0.15, 0.2) is 0 Å². The van der Waals surface area contributed by atoms with Crippen LogP contribution in [0.4, 0.5) is 11.4 Å². The zero-order valence-corrected chi connectivity index (χ0v) is 19.8. The summed E-state index contributed by atoms with van der Waals surface area (Å²) in [6.45, 7) is 6.34. The summed E-state index contributed by atoms with van der Waals surface area (Å²) < 4.78 is 5.37. The van der Waals surface area contributed by atoms with Crippen molar-refractivity contribution in [1.29, 1.82) is 0 Å². The van der Waals surface area contributed by atoms with Crippen molar-refractivity contribution in [3.8, 4) is 0 Å². The van der Waals surface area contributed by atoms with E-state index in [9.17, 15) is 14.4 Å². The number of hydrogen-bond acceptors (Lipinski definition) is 6. The standard InChI is InChI=1S/C25H32N4O4/c1-25(2,3)33-24(32)16-9-11-17(12-10-16)27-23(31)22-19-7-6-8-20(18(19)13-14-26-22)28-21(30)15-29(4)5/h6-12,22,26H,13-15H2,1-5H3,(H,27,31)(H,28,30). The number of nitrogens with one attached hydrogen (secondary N) is 3. The fourth-order valence-corrected chi connectivity index (χ4v) is 3.67. The molecule has 0 aliphatic carbocycles. The molecule has 0 aromatic heterocycles. The van der Waals surface area contributed by atoms with Crippen LogP contribution in [0.5, 0.6) is 0 Å². The largest absolute Gasteiger partial charge is 0.456 e. The van der Waals surface area contributed by atoms with Gasteiger partial charge < -0.3 is 25.6 Å². The summed E-state index contributed by atoms with van der Waals surface area (Å²) >= 11 is 0. The molecule has 0 bridgehead atoms. The lowest BCUT2D eigenvalue weighted by Crippen LogP contribution is -2.38. The molecule has 1 atom stereocenters. The van der Waals surface area contributed by atoms with Crippen LogP contribution in [-0.4, -0.2) is 55.5 Å². The van der Waals surface area contributed by atoms with Gasteiger partial charge >= 0.3 is 5.97 Å². The summed E-state index contributed by atoms with van der Waals surface area (Å²) in [6, 6.07) is 11.7. The van der Waals surface area contributed by atoms with Crippen LogP contribution in [0.3, 0.4) is 0 Å². The van der Waals surface area contributed by atoms with Crippen LogP contribution < -0.4 is 16.0 Å². The summed E-state index contributed by atoms with van der Waals surface area (Å²) in [7, 11) is 3.68. The quantitative estimate of drug-likeness (QED) is 0.583. The lowest BCUT2D eigenvalue weighted by Gasteiger charge is -2.28. The van der Waals surface area contributed by atoms with Crippen molar-refractivity contribution in [2.75, 3.05) is 37.8 Å². The third-order valence-corrected chi connectivity index (χ3v) is 5.03. The van der Waals surface area contributed by atoms with E-state index in [-0.39, 0.29) is 18.4 Å². The molecule has 3 N–H and O–H groups in total. The first kappa shape index (κ1) is 24.4.